The summed E-state index contributed by atoms with van der Waals surface area (Å²) in [5.41, 5.74) is 0.878. The van der Waals surface area contributed by atoms with Crippen molar-refractivity contribution in [3.63, 3.8) is 0 Å². The molecule has 1 aliphatic rings. The quantitative estimate of drug-likeness (QED) is 0.119. The predicted octanol–water partition coefficient (Wildman–Crippen LogP) is 7.87. The second kappa shape index (κ2) is 22.6. The summed E-state index contributed by atoms with van der Waals surface area (Å²) < 4.78 is 12.1. The van der Waals surface area contributed by atoms with Gasteiger partial charge in [-0.05, 0) is 56.7 Å². The van der Waals surface area contributed by atoms with Gasteiger partial charge < -0.3 is 19.3 Å². The summed E-state index contributed by atoms with van der Waals surface area (Å²) >= 11 is 0. The van der Waals surface area contributed by atoms with Crippen LogP contribution in [-0.2, 0) is 20.7 Å². The molecule has 0 spiro atoms. The van der Waals surface area contributed by atoms with E-state index < -0.39 is 5.54 Å². The molecular formula is C34H63N2O4+. The number of unbranched alkanes of at least 4 members (excludes halogenated alkanes) is 6. The van der Waals surface area contributed by atoms with E-state index in [2.05, 4.69) is 44.5 Å². The number of hydrogen-bond donors (Lipinski definition) is 1. The molecule has 0 unspecified atom stereocenters. The Morgan fingerprint density at radius 2 is 1.55 bits per heavy atom. The summed E-state index contributed by atoms with van der Waals surface area (Å²) in [6, 6.07) is 8.46. The lowest BCUT2D eigenvalue weighted by atomic mass is 9.83. The molecule has 1 fully saturated rings. The van der Waals surface area contributed by atoms with Gasteiger partial charge in [0.1, 0.15) is 5.75 Å². The molecule has 1 aromatic rings. The predicted molar refractivity (Wildman–Crippen MR) is 169 cm³/mol. The Morgan fingerprint density at radius 3 is 2.20 bits per heavy atom. The van der Waals surface area contributed by atoms with Crippen LogP contribution in [0.1, 0.15) is 124 Å². The van der Waals surface area contributed by atoms with E-state index in [1.165, 1.54) is 37.7 Å². The highest BCUT2D eigenvalue weighted by Gasteiger charge is 2.42. The number of nitrogens with one attached hydrogen (secondary N) is 1. The molecule has 1 heterocycles. The molecular weight excluding hydrogens is 500 g/mol. The van der Waals surface area contributed by atoms with Gasteiger partial charge in [-0.15, -0.1) is 0 Å². The monoisotopic (exact) mass is 563 g/mol. The minimum atomic E-state index is -0.471. The zero-order valence-electron chi connectivity index (χ0n) is 27.4. The van der Waals surface area contributed by atoms with E-state index in [0.29, 0.717) is 19.6 Å². The zero-order valence-corrected chi connectivity index (χ0v) is 27.4. The van der Waals surface area contributed by atoms with Crippen molar-refractivity contribution >= 4 is 11.9 Å². The number of hydrogen-bond acceptors (Lipinski definition) is 4. The zero-order chi connectivity index (χ0) is 30.3. The van der Waals surface area contributed by atoms with Crippen molar-refractivity contribution in [2.45, 2.75) is 131 Å². The van der Waals surface area contributed by atoms with Crippen molar-refractivity contribution in [2.75, 3.05) is 40.4 Å². The van der Waals surface area contributed by atoms with Crippen molar-refractivity contribution in [2.24, 2.45) is 0 Å². The average Bonchev–Trinajstić information content (AvgIpc) is 2.95. The summed E-state index contributed by atoms with van der Waals surface area (Å²) in [5.74, 6) is 0.764. The standard InChI is InChI=1S/C30H50N2O4.2C2H6/c1-5-7-8-9-11-15-26-16-14-17-27(24-26)36-23-13-10-12-18-28(33)31-30(25-29(34)35-6-2)19-21-32(3,4)22-20-30;2*1-2/h14,16-17,24H,5-13,15,18-23,25H2,1-4H3;2*1-2H3/p+1. The first-order valence-corrected chi connectivity index (χ1v) is 16.3. The largest absolute Gasteiger partial charge is 0.494 e. The fourth-order valence-electron chi connectivity index (χ4n) is 4.94. The first kappa shape index (κ1) is 37.9. The second-order valence-electron chi connectivity index (χ2n) is 11.2. The van der Waals surface area contributed by atoms with Crippen LogP contribution in [0.3, 0.4) is 0 Å². The van der Waals surface area contributed by atoms with Gasteiger partial charge in [0.2, 0.25) is 5.91 Å². The Hall–Kier alpha value is -2.08. The van der Waals surface area contributed by atoms with Crippen LogP contribution < -0.4 is 10.1 Å². The Balaban J connectivity index is 0.00000363. The molecule has 0 saturated carbocycles. The van der Waals surface area contributed by atoms with E-state index in [4.69, 9.17) is 9.47 Å². The van der Waals surface area contributed by atoms with Crippen molar-refractivity contribution in [3.8, 4) is 5.75 Å². The number of quaternary nitrogens is 1. The number of piperidine rings is 1. The molecule has 6 nitrogen and oxygen atoms in total. The summed E-state index contributed by atoms with van der Waals surface area (Å²) in [5, 5.41) is 3.23. The SMILES string of the molecule is CC.CC.CCCCCCCc1cccc(OCCCCCC(=O)NC2(CC(=O)OCC)CC[N+](C)(C)CC2)c1. The molecule has 6 heteroatoms. The van der Waals surface area contributed by atoms with E-state index in [1.54, 1.807) is 0 Å². The molecule has 0 atom stereocenters. The van der Waals surface area contributed by atoms with Crippen molar-refractivity contribution < 1.29 is 23.5 Å². The number of likely N-dealkylation sites (tertiary alicyclic amines) is 1. The average molecular weight is 564 g/mol. The summed E-state index contributed by atoms with van der Waals surface area (Å²) in [6.07, 6.45) is 12.6. The third-order valence-electron chi connectivity index (χ3n) is 7.37. The van der Waals surface area contributed by atoms with E-state index >= 15 is 0 Å². The molecule has 0 bridgehead atoms. The number of ether oxygens (including phenoxy) is 2. The minimum Gasteiger partial charge on any atom is -0.494 e. The number of benzene rings is 1. The van der Waals surface area contributed by atoms with Crippen molar-refractivity contribution in [3.05, 3.63) is 29.8 Å². The Labute approximate surface area is 247 Å². The van der Waals surface area contributed by atoms with Gasteiger partial charge in [-0.2, -0.15) is 0 Å². The van der Waals surface area contributed by atoms with Crippen molar-refractivity contribution in [1.82, 2.24) is 5.32 Å². The third kappa shape index (κ3) is 16.9. The lowest BCUT2D eigenvalue weighted by Gasteiger charge is -2.44. The van der Waals surface area contributed by atoms with E-state index in [-0.39, 0.29) is 18.3 Å². The lowest BCUT2D eigenvalue weighted by Crippen LogP contribution is -2.60. The fraction of sp³-hybridized carbons (Fsp3) is 0.765. The molecule has 0 aliphatic carbocycles. The number of amides is 1. The Bertz CT molecular complexity index is 784. The maximum atomic E-state index is 12.8. The molecule has 1 aromatic carbocycles. The van der Waals surface area contributed by atoms with Gasteiger partial charge in [0.25, 0.3) is 0 Å². The van der Waals surface area contributed by atoms with Gasteiger partial charge in [0, 0.05) is 19.3 Å². The number of esters is 1. The topological polar surface area (TPSA) is 64.6 Å². The van der Waals surface area contributed by atoms with Crippen LogP contribution in [0, 0.1) is 0 Å². The number of carbonyl (C=O) groups is 2. The highest BCUT2D eigenvalue weighted by Crippen LogP contribution is 2.29. The van der Waals surface area contributed by atoms with E-state index in [0.717, 1.165) is 61.8 Å². The summed E-state index contributed by atoms with van der Waals surface area (Å²) in [7, 11) is 4.39. The highest BCUT2D eigenvalue weighted by atomic mass is 16.5. The van der Waals surface area contributed by atoms with Crippen LogP contribution in [0.15, 0.2) is 24.3 Å². The summed E-state index contributed by atoms with van der Waals surface area (Å²) in [6.45, 7) is 15.0. The molecule has 1 aliphatic heterocycles. The lowest BCUT2D eigenvalue weighted by molar-refractivity contribution is -0.896. The van der Waals surface area contributed by atoms with Gasteiger partial charge in [0.15, 0.2) is 0 Å². The molecule has 2 rings (SSSR count). The van der Waals surface area contributed by atoms with Crippen LogP contribution in [-0.4, -0.2) is 62.3 Å². The van der Waals surface area contributed by atoms with Gasteiger partial charge in [-0.3, -0.25) is 9.59 Å². The van der Waals surface area contributed by atoms with Gasteiger partial charge in [0.05, 0.1) is 52.4 Å². The van der Waals surface area contributed by atoms with Crippen molar-refractivity contribution in [1.29, 1.82) is 0 Å². The van der Waals surface area contributed by atoms with Crippen LogP contribution in [0.2, 0.25) is 0 Å². The smallest absolute Gasteiger partial charge is 0.308 e. The second-order valence-corrected chi connectivity index (χ2v) is 11.2. The maximum Gasteiger partial charge on any atom is 0.308 e. The molecule has 0 aromatic heterocycles. The first-order valence-electron chi connectivity index (χ1n) is 16.3. The van der Waals surface area contributed by atoms with Crippen LogP contribution in [0.25, 0.3) is 0 Å². The first-order chi connectivity index (χ1) is 19.3. The Morgan fingerprint density at radius 1 is 0.900 bits per heavy atom. The third-order valence-corrected chi connectivity index (χ3v) is 7.37. The molecule has 1 N–H and O–H groups in total. The molecule has 40 heavy (non-hydrogen) atoms. The van der Waals surface area contributed by atoms with E-state index in [9.17, 15) is 9.59 Å². The number of nitrogens with zero attached hydrogens (tertiary/aromatic N) is 1. The number of carbonyl (C=O) groups excluding carboxylic acids is 2. The minimum absolute atomic E-state index is 0.0408. The Kier molecular flexibility index (Phi) is 21.4. The van der Waals surface area contributed by atoms with Crippen LogP contribution >= 0.6 is 0 Å². The van der Waals surface area contributed by atoms with Crippen LogP contribution in [0.5, 0.6) is 5.75 Å². The van der Waals surface area contributed by atoms with E-state index in [1.807, 2.05) is 40.7 Å². The van der Waals surface area contributed by atoms with Gasteiger partial charge in [-0.25, -0.2) is 0 Å². The van der Waals surface area contributed by atoms with Gasteiger partial charge >= 0.3 is 5.97 Å². The molecule has 0 radical (unpaired) electrons. The van der Waals surface area contributed by atoms with Gasteiger partial charge in [-0.1, -0.05) is 72.4 Å². The number of rotatable bonds is 17. The van der Waals surface area contributed by atoms with Crippen LogP contribution in [0.4, 0.5) is 0 Å². The number of aryl methyl sites for hydroxylation is 1. The molecule has 1 saturated heterocycles. The molecule has 232 valence electrons. The highest BCUT2D eigenvalue weighted by molar-refractivity contribution is 5.78. The normalized spacial score (nSPS) is 15.0. The summed E-state index contributed by atoms with van der Waals surface area (Å²) in [4.78, 5) is 25.0. The molecule has 1 amide bonds. The maximum absolute atomic E-state index is 12.8. The fourth-order valence-corrected chi connectivity index (χ4v) is 4.94.